The van der Waals surface area contributed by atoms with Gasteiger partial charge >= 0.3 is 0 Å². The van der Waals surface area contributed by atoms with Crippen LogP contribution in [-0.2, 0) is 4.79 Å². The fourth-order valence-electron chi connectivity index (χ4n) is 5.24. The molecule has 5 rings (SSSR count). The molecule has 2 unspecified atom stereocenters. The third-order valence-corrected chi connectivity index (χ3v) is 9.00. The lowest BCUT2D eigenvalue weighted by Gasteiger charge is -2.21. The minimum atomic E-state index is -0.647. The molecule has 3 N–H and O–H groups in total. The topological polar surface area (TPSA) is 105 Å². The number of anilines is 2. The highest BCUT2D eigenvalue weighted by atomic mass is 35.5. The second-order valence-corrected chi connectivity index (χ2v) is 12.1. The van der Waals surface area contributed by atoms with Gasteiger partial charge in [-0.3, -0.25) is 19.6 Å². The number of carbonyl (C=O) groups excluding carboxylic acids is 2. The van der Waals surface area contributed by atoms with Gasteiger partial charge in [0.15, 0.2) is 0 Å². The van der Waals surface area contributed by atoms with Crippen molar-refractivity contribution in [1.82, 2.24) is 15.3 Å². The van der Waals surface area contributed by atoms with Crippen molar-refractivity contribution in [2.24, 2.45) is 5.92 Å². The number of aryl methyl sites for hydroxylation is 1. The van der Waals surface area contributed by atoms with Crippen LogP contribution in [0.25, 0.3) is 10.9 Å². The Kier molecular flexibility index (Phi) is 9.05. The minimum Gasteiger partial charge on any atom is -0.495 e. The molecular formula is C31H34ClN5O3S. The molecule has 10 heteroatoms. The summed E-state index contributed by atoms with van der Waals surface area (Å²) in [5.74, 6) is 0.580. The van der Waals surface area contributed by atoms with E-state index in [0.717, 1.165) is 52.8 Å². The normalized spacial score (nSPS) is 14.9. The zero-order valence-corrected chi connectivity index (χ0v) is 24.9. The molecule has 2 amide bonds. The van der Waals surface area contributed by atoms with E-state index in [-0.39, 0.29) is 17.9 Å². The second kappa shape index (κ2) is 12.9. The summed E-state index contributed by atoms with van der Waals surface area (Å²) in [6.07, 6.45) is 8.36. The van der Waals surface area contributed by atoms with Crippen molar-refractivity contribution in [3.8, 4) is 5.75 Å². The maximum Gasteiger partial charge on any atom is 0.262 e. The Morgan fingerprint density at radius 2 is 1.90 bits per heavy atom. The van der Waals surface area contributed by atoms with Gasteiger partial charge in [0, 0.05) is 22.1 Å². The van der Waals surface area contributed by atoms with Crippen molar-refractivity contribution in [3.63, 3.8) is 0 Å². The van der Waals surface area contributed by atoms with E-state index in [1.54, 1.807) is 19.5 Å². The van der Waals surface area contributed by atoms with Gasteiger partial charge in [-0.1, -0.05) is 37.3 Å². The number of aromatic nitrogens is 2. The first-order valence-electron chi connectivity index (χ1n) is 13.8. The monoisotopic (exact) mass is 591 g/mol. The van der Waals surface area contributed by atoms with Crippen molar-refractivity contribution < 1.29 is 14.3 Å². The van der Waals surface area contributed by atoms with Gasteiger partial charge < -0.3 is 20.7 Å². The van der Waals surface area contributed by atoms with E-state index in [4.69, 9.17) is 16.3 Å². The highest BCUT2D eigenvalue weighted by molar-refractivity contribution is 7.14. The number of carbonyl (C=O) groups is 2. The quantitative estimate of drug-likeness (QED) is 0.181. The number of pyridine rings is 2. The van der Waals surface area contributed by atoms with Crippen LogP contribution in [0.2, 0.25) is 5.02 Å². The Hall–Kier alpha value is -3.69. The molecule has 1 aromatic carbocycles. The number of hydrogen-bond acceptors (Lipinski definition) is 7. The average molecular weight is 592 g/mol. The van der Waals surface area contributed by atoms with Crippen LogP contribution in [0.5, 0.6) is 5.75 Å². The molecule has 1 aliphatic rings. The van der Waals surface area contributed by atoms with Crippen LogP contribution >= 0.6 is 22.9 Å². The zero-order valence-electron chi connectivity index (χ0n) is 23.4. The predicted molar refractivity (Wildman–Crippen MR) is 165 cm³/mol. The van der Waals surface area contributed by atoms with Crippen LogP contribution in [0, 0.1) is 12.8 Å². The van der Waals surface area contributed by atoms with Crippen molar-refractivity contribution in [3.05, 3.63) is 75.3 Å². The number of fused-ring (bicyclic) bond motifs is 1. The van der Waals surface area contributed by atoms with Gasteiger partial charge in [-0.2, -0.15) is 0 Å². The maximum absolute atomic E-state index is 13.5. The van der Waals surface area contributed by atoms with Crippen molar-refractivity contribution in [2.75, 3.05) is 17.7 Å². The summed E-state index contributed by atoms with van der Waals surface area (Å²) in [6, 6.07) is 12.3. The van der Waals surface area contributed by atoms with Gasteiger partial charge in [-0.05, 0) is 68.7 Å². The molecule has 0 saturated heterocycles. The largest absolute Gasteiger partial charge is 0.495 e. The van der Waals surface area contributed by atoms with Crippen LogP contribution in [0.4, 0.5) is 11.4 Å². The fourth-order valence-corrected chi connectivity index (χ4v) is 6.31. The van der Waals surface area contributed by atoms with Gasteiger partial charge in [-0.15, -0.1) is 11.3 Å². The lowest BCUT2D eigenvalue weighted by molar-refractivity contribution is -0.118. The molecule has 4 aromatic rings. The first-order chi connectivity index (χ1) is 19.8. The van der Waals surface area contributed by atoms with E-state index in [2.05, 4.69) is 25.9 Å². The Labute approximate surface area is 248 Å². The predicted octanol–water partition coefficient (Wildman–Crippen LogP) is 7.15. The molecule has 0 bridgehead atoms. The number of benzene rings is 1. The molecule has 2 atom stereocenters. The van der Waals surface area contributed by atoms with E-state index < -0.39 is 6.04 Å². The Balaban J connectivity index is 1.29. The Morgan fingerprint density at radius 3 is 2.68 bits per heavy atom. The minimum absolute atomic E-state index is 0.0564. The van der Waals surface area contributed by atoms with Gasteiger partial charge in [0.25, 0.3) is 5.91 Å². The number of nitrogens with one attached hydrogen (secondary N) is 3. The summed E-state index contributed by atoms with van der Waals surface area (Å²) in [4.78, 5) is 37.1. The van der Waals surface area contributed by atoms with E-state index >= 15 is 0 Å². The van der Waals surface area contributed by atoms with Crippen LogP contribution in [0.3, 0.4) is 0 Å². The number of rotatable bonds is 10. The number of hydrogen-bond donors (Lipinski definition) is 3. The van der Waals surface area contributed by atoms with Crippen molar-refractivity contribution in [1.29, 1.82) is 0 Å². The first-order valence-corrected chi connectivity index (χ1v) is 15.0. The molecule has 3 heterocycles. The number of amides is 2. The molecule has 1 saturated carbocycles. The lowest BCUT2D eigenvalue weighted by atomic mass is 9.97. The average Bonchev–Trinajstić information content (AvgIpc) is 3.67. The van der Waals surface area contributed by atoms with Crippen LogP contribution in [0.15, 0.2) is 54.9 Å². The highest BCUT2D eigenvalue weighted by Gasteiger charge is 2.28. The molecule has 0 radical (unpaired) electrons. The first kappa shape index (κ1) is 28.8. The number of methoxy groups -OCH3 is 1. The molecule has 8 nitrogen and oxygen atoms in total. The third-order valence-electron chi connectivity index (χ3n) is 7.53. The van der Waals surface area contributed by atoms with Gasteiger partial charge in [0.1, 0.15) is 11.8 Å². The molecule has 0 aliphatic heterocycles. The molecule has 214 valence electrons. The maximum atomic E-state index is 13.5. The molecule has 41 heavy (non-hydrogen) atoms. The smallest absolute Gasteiger partial charge is 0.262 e. The van der Waals surface area contributed by atoms with E-state index in [1.807, 2.05) is 56.3 Å². The second-order valence-electron chi connectivity index (χ2n) is 10.5. The van der Waals surface area contributed by atoms with Gasteiger partial charge in [0.2, 0.25) is 5.91 Å². The van der Waals surface area contributed by atoms with Gasteiger partial charge in [0.05, 0.1) is 46.1 Å². The van der Waals surface area contributed by atoms with E-state index in [1.165, 1.54) is 11.3 Å². The summed E-state index contributed by atoms with van der Waals surface area (Å²) in [5, 5.41) is 10.9. The van der Waals surface area contributed by atoms with Gasteiger partial charge in [-0.25, -0.2) is 0 Å². The van der Waals surface area contributed by atoms with Crippen molar-refractivity contribution in [2.45, 2.75) is 58.0 Å². The highest BCUT2D eigenvalue weighted by Crippen LogP contribution is 2.31. The van der Waals surface area contributed by atoms with Crippen LogP contribution < -0.4 is 20.7 Å². The standard InChI is InChI=1S/C31H34ClN5O3S/c1-18-26(15-22(32)16-33-18)35-19(2)28-10-11-29(41-28)31(39)37-27(12-20-6-4-5-7-20)30(38)36-23-8-9-25-21(13-23)14-24(40-3)17-34-25/h8-11,13-17,19-20,27,35H,4-7,12H2,1-3H3,(H,36,38)(H,37,39). The summed E-state index contributed by atoms with van der Waals surface area (Å²) in [5.41, 5.74) is 3.14. The number of nitrogens with zero attached hydrogens (tertiary/aromatic N) is 2. The summed E-state index contributed by atoms with van der Waals surface area (Å²) in [7, 11) is 1.59. The molecule has 0 spiro atoms. The number of halogens is 1. The third kappa shape index (κ3) is 7.15. The Morgan fingerprint density at radius 1 is 1.10 bits per heavy atom. The molecule has 3 aromatic heterocycles. The fraction of sp³-hybridized carbons (Fsp3) is 0.355. The lowest BCUT2D eigenvalue weighted by Crippen LogP contribution is -2.44. The van der Waals surface area contributed by atoms with Crippen molar-refractivity contribution >= 4 is 57.0 Å². The zero-order chi connectivity index (χ0) is 28.9. The summed E-state index contributed by atoms with van der Waals surface area (Å²) in [6.45, 7) is 3.94. The number of thiophene rings is 1. The molecule has 1 fully saturated rings. The van der Waals surface area contributed by atoms with E-state index in [0.29, 0.717) is 33.7 Å². The Bertz CT molecular complexity index is 1550. The summed E-state index contributed by atoms with van der Waals surface area (Å²) >= 11 is 7.53. The van der Waals surface area contributed by atoms with E-state index in [9.17, 15) is 9.59 Å². The molecule has 1 aliphatic carbocycles. The van der Waals surface area contributed by atoms with Crippen LogP contribution in [-0.4, -0.2) is 34.9 Å². The summed E-state index contributed by atoms with van der Waals surface area (Å²) < 4.78 is 5.29. The van der Waals surface area contributed by atoms with Crippen LogP contribution in [0.1, 0.15) is 65.3 Å². The molecular weight excluding hydrogens is 558 g/mol. The number of ether oxygens (including phenoxy) is 1. The SMILES string of the molecule is COc1cnc2ccc(NC(=O)C(CC3CCCC3)NC(=O)c3ccc(C(C)Nc4cc(Cl)cnc4C)s3)cc2c1.